The minimum atomic E-state index is 0.224. The standard InChI is InChI=1S/C16H22N2O/c17-9-3-4-10-18-16(19)15-13-8-7-11-5-1-2-6-12(11)14(13)15/h1-2,5-6,13-15H,3-4,7-10,17H2,(H,18,19). The lowest BCUT2D eigenvalue weighted by atomic mass is 9.92. The third-order valence-corrected chi connectivity index (χ3v) is 4.56. The van der Waals surface area contributed by atoms with Gasteiger partial charge in [-0.25, -0.2) is 0 Å². The summed E-state index contributed by atoms with van der Waals surface area (Å²) in [5.74, 6) is 1.55. The predicted octanol–water partition coefficient (Wildman–Crippen LogP) is 1.82. The molecule has 2 aliphatic rings. The molecule has 0 saturated heterocycles. The van der Waals surface area contributed by atoms with Crippen LogP contribution in [-0.2, 0) is 11.2 Å². The fourth-order valence-electron chi connectivity index (χ4n) is 3.52. The van der Waals surface area contributed by atoms with Crippen molar-refractivity contribution in [3.05, 3.63) is 35.4 Å². The first kappa shape index (κ1) is 12.7. The van der Waals surface area contributed by atoms with Gasteiger partial charge in [-0.05, 0) is 55.2 Å². The molecule has 0 radical (unpaired) electrons. The maximum absolute atomic E-state index is 12.2. The first-order valence-electron chi connectivity index (χ1n) is 7.38. The minimum Gasteiger partial charge on any atom is -0.356 e. The zero-order valence-corrected chi connectivity index (χ0v) is 11.3. The summed E-state index contributed by atoms with van der Waals surface area (Å²) in [7, 11) is 0. The summed E-state index contributed by atoms with van der Waals surface area (Å²) in [6.07, 6.45) is 4.28. The highest BCUT2D eigenvalue weighted by Crippen LogP contribution is 2.59. The molecule has 3 nitrogen and oxygen atoms in total. The highest BCUT2D eigenvalue weighted by atomic mass is 16.2. The molecule has 1 fully saturated rings. The second-order valence-corrected chi connectivity index (χ2v) is 5.74. The first-order chi connectivity index (χ1) is 9.33. The lowest BCUT2D eigenvalue weighted by Crippen LogP contribution is -2.27. The van der Waals surface area contributed by atoms with Crippen LogP contribution in [0.15, 0.2) is 24.3 Å². The number of amides is 1. The van der Waals surface area contributed by atoms with E-state index in [0.29, 0.717) is 18.4 Å². The molecule has 3 N–H and O–H groups in total. The van der Waals surface area contributed by atoms with Crippen molar-refractivity contribution in [3.63, 3.8) is 0 Å². The van der Waals surface area contributed by atoms with Crippen molar-refractivity contribution in [1.29, 1.82) is 0 Å². The molecule has 3 atom stereocenters. The van der Waals surface area contributed by atoms with Gasteiger partial charge in [0.15, 0.2) is 0 Å². The van der Waals surface area contributed by atoms with Gasteiger partial charge in [0.25, 0.3) is 0 Å². The Morgan fingerprint density at radius 3 is 3.00 bits per heavy atom. The Labute approximate surface area is 114 Å². The van der Waals surface area contributed by atoms with Crippen LogP contribution < -0.4 is 11.1 Å². The maximum Gasteiger partial charge on any atom is 0.224 e. The van der Waals surface area contributed by atoms with Crippen LogP contribution in [0.25, 0.3) is 0 Å². The molecule has 0 aliphatic heterocycles. The van der Waals surface area contributed by atoms with Crippen LogP contribution in [0.3, 0.4) is 0 Å². The molecule has 3 heteroatoms. The summed E-state index contributed by atoms with van der Waals surface area (Å²) in [6.45, 7) is 1.48. The Bertz CT molecular complexity index is 472. The molecular formula is C16H22N2O. The van der Waals surface area contributed by atoms with Crippen LogP contribution >= 0.6 is 0 Å². The van der Waals surface area contributed by atoms with Crippen LogP contribution in [0, 0.1) is 11.8 Å². The highest BCUT2D eigenvalue weighted by Gasteiger charge is 2.56. The molecule has 2 aliphatic carbocycles. The number of benzene rings is 1. The van der Waals surface area contributed by atoms with Gasteiger partial charge in [0.1, 0.15) is 0 Å². The SMILES string of the molecule is NCCCCNC(=O)C1C2CCc3ccccc3C21. The first-order valence-corrected chi connectivity index (χ1v) is 7.38. The van der Waals surface area contributed by atoms with E-state index in [-0.39, 0.29) is 11.8 Å². The van der Waals surface area contributed by atoms with Gasteiger partial charge < -0.3 is 11.1 Å². The summed E-state index contributed by atoms with van der Waals surface area (Å²) in [6, 6.07) is 8.60. The van der Waals surface area contributed by atoms with E-state index in [4.69, 9.17) is 5.73 Å². The average molecular weight is 258 g/mol. The van der Waals surface area contributed by atoms with E-state index < -0.39 is 0 Å². The molecular weight excluding hydrogens is 236 g/mol. The van der Waals surface area contributed by atoms with Crippen LogP contribution in [-0.4, -0.2) is 19.0 Å². The molecule has 1 aromatic rings. The number of nitrogens with two attached hydrogens (primary N) is 1. The largest absolute Gasteiger partial charge is 0.356 e. The Morgan fingerprint density at radius 1 is 1.32 bits per heavy atom. The van der Waals surface area contributed by atoms with Crippen molar-refractivity contribution < 1.29 is 4.79 Å². The molecule has 1 saturated carbocycles. The molecule has 19 heavy (non-hydrogen) atoms. The second kappa shape index (κ2) is 5.33. The number of rotatable bonds is 5. The Balaban J connectivity index is 1.59. The van der Waals surface area contributed by atoms with Crippen molar-refractivity contribution in [2.45, 2.75) is 31.6 Å². The number of aryl methyl sites for hydroxylation is 1. The Hall–Kier alpha value is -1.35. The summed E-state index contributed by atoms with van der Waals surface area (Å²) in [5, 5.41) is 3.07. The van der Waals surface area contributed by atoms with E-state index in [9.17, 15) is 4.79 Å². The highest BCUT2D eigenvalue weighted by molar-refractivity contribution is 5.84. The van der Waals surface area contributed by atoms with Gasteiger partial charge in [-0.15, -0.1) is 0 Å². The monoisotopic (exact) mass is 258 g/mol. The van der Waals surface area contributed by atoms with Gasteiger partial charge >= 0.3 is 0 Å². The molecule has 3 unspecified atom stereocenters. The van der Waals surface area contributed by atoms with Gasteiger partial charge in [0.2, 0.25) is 5.91 Å². The lowest BCUT2D eigenvalue weighted by Gasteiger charge is -2.13. The molecule has 0 heterocycles. The number of hydrogen-bond acceptors (Lipinski definition) is 2. The molecule has 1 aromatic carbocycles. The number of nitrogens with one attached hydrogen (secondary N) is 1. The third kappa shape index (κ3) is 2.39. The summed E-state index contributed by atoms with van der Waals surface area (Å²) in [4.78, 5) is 12.2. The molecule has 3 rings (SSSR count). The zero-order chi connectivity index (χ0) is 13.2. The molecule has 0 spiro atoms. The molecule has 0 aromatic heterocycles. The van der Waals surface area contributed by atoms with Crippen molar-refractivity contribution in [3.8, 4) is 0 Å². The van der Waals surface area contributed by atoms with Gasteiger partial charge in [0, 0.05) is 12.5 Å². The van der Waals surface area contributed by atoms with Gasteiger partial charge in [-0.2, -0.15) is 0 Å². The summed E-state index contributed by atoms with van der Waals surface area (Å²) in [5.41, 5.74) is 8.32. The maximum atomic E-state index is 12.2. The van der Waals surface area contributed by atoms with E-state index in [2.05, 4.69) is 29.6 Å². The van der Waals surface area contributed by atoms with Gasteiger partial charge in [-0.1, -0.05) is 24.3 Å². The normalized spacial score (nSPS) is 27.3. The molecule has 0 bridgehead atoms. The van der Waals surface area contributed by atoms with Crippen LogP contribution in [0.1, 0.15) is 36.3 Å². The van der Waals surface area contributed by atoms with Crippen LogP contribution in [0.2, 0.25) is 0 Å². The quantitative estimate of drug-likeness (QED) is 0.792. The third-order valence-electron chi connectivity index (χ3n) is 4.56. The number of fused-ring (bicyclic) bond motifs is 3. The van der Waals surface area contributed by atoms with Crippen LogP contribution in [0.5, 0.6) is 0 Å². The van der Waals surface area contributed by atoms with E-state index >= 15 is 0 Å². The Kier molecular flexibility index (Phi) is 3.56. The number of carbonyl (C=O) groups excluding carboxylic acids is 1. The molecule has 102 valence electrons. The number of carbonyl (C=O) groups is 1. The summed E-state index contributed by atoms with van der Waals surface area (Å²) >= 11 is 0. The van der Waals surface area contributed by atoms with Crippen molar-refractivity contribution in [1.82, 2.24) is 5.32 Å². The van der Waals surface area contributed by atoms with E-state index in [1.165, 1.54) is 17.5 Å². The van der Waals surface area contributed by atoms with Gasteiger partial charge in [-0.3, -0.25) is 4.79 Å². The summed E-state index contributed by atoms with van der Waals surface area (Å²) < 4.78 is 0. The fraction of sp³-hybridized carbons (Fsp3) is 0.562. The lowest BCUT2D eigenvalue weighted by molar-refractivity contribution is -0.122. The predicted molar refractivity (Wildman–Crippen MR) is 75.8 cm³/mol. The minimum absolute atomic E-state index is 0.224. The van der Waals surface area contributed by atoms with Crippen LogP contribution in [0.4, 0.5) is 0 Å². The molecule has 1 amide bonds. The van der Waals surface area contributed by atoms with Crippen molar-refractivity contribution >= 4 is 5.91 Å². The van der Waals surface area contributed by atoms with E-state index in [0.717, 1.165) is 25.8 Å². The second-order valence-electron chi connectivity index (χ2n) is 5.74. The van der Waals surface area contributed by atoms with Crippen molar-refractivity contribution in [2.24, 2.45) is 17.6 Å². The average Bonchev–Trinajstić information content (AvgIpc) is 3.18. The number of unbranched alkanes of at least 4 members (excludes halogenated alkanes) is 1. The topological polar surface area (TPSA) is 55.1 Å². The zero-order valence-electron chi connectivity index (χ0n) is 11.3. The Morgan fingerprint density at radius 2 is 2.16 bits per heavy atom. The van der Waals surface area contributed by atoms with Crippen molar-refractivity contribution in [2.75, 3.05) is 13.1 Å². The fourth-order valence-corrected chi connectivity index (χ4v) is 3.52. The smallest absolute Gasteiger partial charge is 0.224 e. The van der Waals surface area contributed by atoms with Gasteiger partial charge in [0.05, 0.1) is 0 Å². The van der Waals surface area contributed by atoms with E-state index in [1.807, 2.05) is 0 Å². The van der Waals surface area contributed by atoms with E-state index in [1.54, 1.807) is 0 Å². The number of hydrogen-bond donors (Lipinski definition) is 2.